The average molecular weight is 326 g/mol. The monoisotopic (exact) mass is 326 g/mol. The lowest BCUT2D eigenvalue weighted by atomic mass is 10.1. The number of aromatic nitrogens is 2. The third-order valence-electron chi connectivity index (χ3n) is 3.48. The maximum atomic E-state index is 13.1. The first-order valence-corrected chi connectivity index (χ1v) is 7.50. The minimum absolute atomic E-state index is 0.130. The van der Waals surface area contributed by atoms with Crippen molar-refractivity contribution in [1.29, 1.82) is 0 Å². The van der Waals surface area contributed by atoms with Crippen LogP contribution in [0.15, 0.2) is 53.1 Å². The van der Waals surface area contributed by atoms with E-state index < -0.39 is 11.8 Å². The summed E-state index contributed by atoms with van der Waals surface area (Å²) in [6.45, 7) is 1.91. The Kier molecular flexibility index (Phi) is 4.65. The number of hydrogen-bond acceptors (Lipinski definition) is 5. The Balaban J connectivity index is 1.64. The summed E-state index contributed by atoms with van der Waals surface area (Å²) < 4.78 is 23.2. The van der Waals surface area contributed by atoms with Crippen molar-refractivity contribution in [2.75, 3.05) is 0 Å². The lowest BCUT2D eigenvalue weighted by Crippen LogP contribution is -2.05. The normalized spacial score (nSPS) is 10.6. The fourth-order valence-electron chi connectivity index (χ4n) is 2.15. The zero-order chi connectivity index (χ0) is 16.9. The molecule has 0 aliphatic carbocycles. The molecule has 0 N–H and O–H groups in total. The second-order valence-electron chi connectivity index (χ2n) is 5.15. The highest BCUT2D eigenvalue weighted by molar-refractivity contribution is 5.89. The van der Waals surface area contributed by atoms with E-state index in [0.29, 0.717) is 5.82 Å². The van der Waals surface area contributed by atoms with Gasteiger partial charge in [0.2, 0.25) is 5.82 Å². The smallest absolute Gasteiger partial charge is 0.338 e. The number of benzene rings is 2. The van der Waals surface area contributed by atoms with Crippen molar-refractivity contribution in [3.63, 3.8) is 0 Å². The van der Waals surface area contributed by atoms with Gasteiger partial charge in [0, 0.05) is 5.56 Å². The van der Waals surface area contributed by atoms with E-state index in [2.05, 4.69) is 17.1 Å². The molecule has 0 amide bonds. The number of carbonyl (C=O) groups is 1. The number of hydrogen-bond donors (Lipinski definition) is 0. The van der Waals surface area contributed by atoms with Crippen LogP contribution in [0.1, 0.15) is 28.7 Å². The van der Waals surface area contributed by atoms with Gasteiger partial charge in [-0.25, -0.2) is 9.18 Å². The minimum atomic E-state index is -0.651. The summed E-state index contributed by atoms with van der Waals surface area (Å²) in [4.78, 5) is 16.0. The molecule has 3 rings (SSSR count). The van der Waals surface area contributed by atoms with E-state index in [9.17, 15) is 9.18 Å². The van der Waals surface area contributed by atoms with Crippen LogP contribution < -0.4 is 0 Å². The molecule has 0 aliphatic rings. The lowest BCUT2D eigenvalue weighted by molar-refractivity contribution is 0.0429. The third-order valence-corrected chi connectivity index (χ3v) is 3.48. The third kappa shape index (κ3) is 3.65. The van der Waals surface area contributed by atoms with Crippen molar-refractivity contribution in [2.24, 2.45) is 0 Å². The minimum Gasteiger partial charge on any atom is -0.452 e. The molecule has 24 heavy (non-hydrogen) atoms. The van der Waals surface area contributed by atoms with Gasteiger partial charge in [-0.15, -0.1) is 0 Å². The van der Waals surface area contributed by atoms with E-state index in [1.54, 1.807) is 0 Å². The maximum Gasteiger partial charge on any atom is 0.338 e. The quantitative estimate of drug-likeness (QED) is 0.667. The Hall–Kier alpha value is -3.02. The Bertz CT molecular complexity index is 843. The number of esters is 1. The molecule has 2 aromatic carbocycles. The predicted molar refractivity (Wildman–Crippen MR) is 84.6 cm³/mol. The molecule has 3 aromatic rings. The first-order valence-electron chi connectivity index (χ1n) is 7.50. The lowest BCUT2D eigenvalue weighted by Gasteiger charge is -2.01. The van der Waals surface area contributed by atoms with Crippen molar-refractivity contribution in [2.45, 2.75) is 20.0 Å². The Morgan fingerprint density at radius 1 is 1.21 bits per heavy atom. The van der Waals surface area contributed by atoms with Gasteiger partial charge in [-0.1, -0.05) is 42.4 Å². The fraction of sp³-hybridized carbons (Fsp3) is 0.167. The standard InChI is InChI=1S/C18H15FN2O3/c1-2-12-6-8-13(9-7-12)17-20-16(24-21-17)11-23-18(22)14-4-3-5-15(19)10-14/h3-10H,2,11H2,1H3. The number of rotatable bonds is 5. The van der Waals surface area contributed by atoms with E-state index in [0.717, 1.165) is 18.1 Å². The molecule has 1 heterocycles. The average Bonchev–Trinajstić information content (AvgIpc) is 3.09. The summed E-state index contributed by atoms with van der Waals surface area (Å²) in [7, 11) is 0. The van der Waals surface area contributed by atoms with Gasteiger partial charge in [0.15, 0.2) is 6.61 Å². The highest BCUT2D eigenvalue weighted by Crippen LogP contribution is 2.17. The molecule has 0 fully saturated rings. The SMILES string of the molecule is CCc1ccc(-c2noc(COC(=O)c3cccc(F)c3)n2)cc1. The molecule has 5 nitrogen and oxygen atoms in total. The number of ether oxygens (including phenoxy) is 1. The molecule has 0 aliphatic heterocycles. The molecule has 6 heteroatoms. The zero-order valence-electron chi connectivity index (χ0n) is 13.0. The predicted octanol–water partition coefficient (Wildman–Crippen LogP) is 3.80. The second kappa shape index (κ2) is 7.04. The number of carbonyl (C=O) groups excluding carboxylic acids is 1. The highest BCUT2D eigenvalue weighted by Gasteiger charge is 2.13. The molecule has 1 aromatic heterocycles. The zero-order valence-corrected chi connectivity index (χ0v) is 13.0. The number of nitrogens with zero attached hydrogens (tertiary/aromatic N) is 2. The van der Waals surface area contributed by atoms with Crippen molar-refractivity contribution in [1.82, 2.24) is 10.1 Å². The second-order valence-corrected chi connectivity index (χ2v) is 5.15. The molecular formula is C18H15FN2O3. The van der Waals surface area contributed by atoms with Gasteiger partial charge >= 0.3 is 5.97 Å². The molecule has 0 bridgehead atoms. The number of aryl methyl sites for hydroxylation is 1. The first kappa shape index (κ1) is 15.9. The van der Waals surface area contributed by atoms with Crippen LogP contribution >= 0.6 is 0 Å². The van der Waals surface area contributed by atoms with E-state index in [4.69, 9.17) is 9.26 Å². The van der Waals surface area contributed by atoms with Gasteiger partial charge < -0.3 is 9.26 Å². The van der Waals surface area contributed by atoms with Crippen LogP contribution in [0, 0.1) is 5.82 Å². The fourth-order valence-corrected chi connectivity index (χ4v) is 2.15. The van der Waals surface area contributed by atoms with Crippen LogP contribution in [0.2, 0.25) is 0 Å². The van der Waals surface area contributed by atoms with Gasteiger partial charge in [-0.05, 0) is 30.2 Å². The molecule has 0 radical (unpaired) electrons. The summed E-state index contributed by atoms with van der Waals surface area (Å²) in [6, 6.07) is 13.1. The van der Waals surface area contributed by atoms with Crippen molar-refractivity contribution in [3.8, 4) is 11.4 Å². The van der Waals surface area contributed by atoms with Gasteiger partial charge in [0.1, 0.15) is 5.82 Å². The maximum absolute atomic E-state index is 13.1. The summed E-state index contributed by atoms with van der Waals surface area (Å²) in [5, 5.41) is 3.87. The van der Waals surface area contributed by atoms with Gasteiger partial charge in [0.05, 0.1) is 5.56 Å². The van der Waals surface area contributed by atoms with E-state index in [-0.39, 0.29) is 18.1 Å². The van der Waals surface area contributed by atoms with Gasteiger partial charge in [-0.3, -0.25) is 0 Å². The molecular weight excluding hydrogens is 311 g/mol. The van der Waals surface area contributed by atoms with Crippen LogP contribution in [0.3, 0.4) is 0 Å². The Labute approximate surface area is 138 Å². The van der Waals surface area contributed by atoms with Crippen molar-refractivity contribution in [3.05, 3.63) is 71.4 Å². The molecule has 0 saturated heterocycles. The van der Waals surface area contributed by atoms with Crippen LogP contribution in [0.25, 0.3) is 11.4 Å². The van der Waals surface area contributed by atoms with Crippen LogP contribution in [-0.2, 0) is 17.8 Å². The Morgan fingerprint density at radius 2 is 2.00 bits per heavy atom. The van der Waals surface area contributed by atoms with E-state index in [1.807, 2.05) is 24.3 Å². The van der Waals surface area contributed by atoms with E-state index >= 15 is 0 Å². The summed E-state index contributed by atoms with van der Waals surface area (Å²) in [6.07, 6.45) is 0.952. The molecule has 0 unspecified atom stereocenters. The molecule has 0 atom stereocenters. The largest absolute Gasteiger partial charge is 0.452 e. The topological polar surface area (TPSA) is 65.2 Å². The molecule has 0 saturated carbocycles. The molecule has 122 valence electrons. The molecule has 0 spiro atoms. The van der Waals surface area contributed by atoms with E-state index in [1.165, 1.54) is 23.8 Å². The van der Waals surface area contributed by atoms with Crippen molar-refractivity contribution >= 4 is 5.97 Å². The van der Waals surface area contributed by atoms with Gasteiger partial charge in [0.25, 0.3) is 5.89 Å². The summed E-state index contributed by atoms with van der Waals surface area (Å²) in [5.74, 6) is -0.551. The van der Waals surface area contributed by atoms with Crippen molar-refractivity contribution < 1.29 is 18.4 Å². The number of halogens is 1. The van der Waals surface area contributed by atoms with Gasteiger partial charge in [-0.2, -0.15) is 4.98 Å². The summed E-state index contributed by atoms with van der Waals surface area (Å²) in [5.41, 5.74) is 2.16. The Morgan fingerprint density at radius 3 is 2.71 bits per heavy atom. The first-order chi connectivity index (χ1) is 11.7. The van der Waals surface area contributed by atoms with Crippen LogP contribution in [0.4, 0.5) is 4.39 Å². The summed E-state index contributed by atoms with van der Waals surface area (Å²) >= 11 is 0. The van der Waals surface area contributed by atoms with Crippen LogP contribution in [-0.4, -0.2) is 16.1 Å². The van der Waals surface area contributed by atoms with Crippen LogP contribution in [0.5, 0.6) is 0 Å². The highest BCUT2D eigenvalue weighted by atomic mass is 19.1.